The van der Waals surface area contributed by atoms with Crippen LogP contribution in [0.3, 0.4) is 0 Å². The van der Waals surface area contributed by atoms with Crippen LogP contribution in [0, 0.1) is 0 Å². The molecule has 0 fully saturated rings. The number of hydrogen-bond donors (Lipinski definition) is 4. The lowest BCUT2D eigenvalue weighted by atomic mass is 9.88. The van der Waals surface area contributed by atoms with Crippen LogP contribution < -0.4 is 16.3 Å². The maximum absolute atomic E-state index is 12.2. The summed E-state index contributed by atoms with van der Waals surface area (Å²) in [7, 11) is -1.68. The SMILES string of the molecule is Clc1cncc(Cl)n1.O=C1Nc2ccc(Cl)cc2/C1=C\c1ccc(-c2cncc(Cl)n2)o1.O=C1Nc2ccc(Cl)cc2/C1=C\c1ccc(B(O)O)o1. The fourth-order valence-electron chi connectivity index (χ4n) is 4.83. The van der Waals surface area contributed by atoms with Crippen LogP contribution in [0.25, 0.3) is 34.8 Å². The van der Waals surface area contributed by atoms with Crippen molar-refractivity contribution in [1.82, 2.24) is 19.9 Å². The number of fused-ring (bicyclic) bond motifs is 2. The predicted octanol–water partition coefficient (Wildman–Crippen LogP) is 7.43. The lowest BCUT2D eigenvalue weighted by Gasteiger charge is -1.98. The number of benzene rings is 2. The van der Waals surface area contributed by atoms with Crippen LogP contribution in [0.5, 0.6) is 0 Å². The first kappa shape index (κ1) is 36.8. The van der Waals surface area contributed by atoms with Crippen molar-refractivity contribution in [3.05, 3.63) is 134 Å². The molecule has 6 heterocycles. The Morgan fingerprint density at radius 1 is 0.615 bits per heavy atom. The molecule has 0 saturated heterocycles. The van der Waals surface area contributed by atoms with Crippen molar-refractivity contribution in [3.8, 4) is 11.5 Å². The van der Waals surface area contributed by atoms with E-state index in [1.54, 1.807) is 66.9 Å². The van der Waals surface area contributed by atoms with Crippen LogP contribution in [0.15, 0.2) is 94.3 Å². The van der Waals surface area contributed by atoms with Crippen LogP contribution in [0.2, 0.25) is 25.5 Å². The van der Waals surface area contributed by atoms with Gasteiger partial charge >= 0.3 is 7.12 Å². The number of aromatic nitrogens is 4. The van der Waals surface area contributed by atoms with Crippen LogP contribution in [0.4, 0.5) is 11.4 Å². The molecule has 2 aliphatic rings. The zero-order chi connectivity index (χ0) is 36.9. The third-order valence-corrected chi connectivity index (χ3v) is 8.08. The third-order valence-electron chi connectivity index (χ3n) is 7.06. The molecule has 4 aromatic heterocycles. The first-order valence-corrected chi connectivity index (χ1v) is 16.6. The summed E-state index contributed by atoms with van der Waals surface area (Å²) in [5, 5.41) is 25.5. The second-order valence-corrected chi connectivity index (χ2v) is 12.6. The second kappa shape index (κ2) is 16.1. The highest BCUT2D eigenvalue weighted by Crippen LogP contribution is 2.36. The van der Waals surface area contributed by atoms with E-state index in [4.69, 9.17) is 76.9 Å². The van der Waals surface area contributed by atoms with Crippen molar-refractivity contribution in [2.45, 2.75) is 0 Å². The molecule has 0 radical (unpaired) electrons. The average molecular weight is 797 g/mol. The number of hydrogen-bond acceptors (Lipinski definition) is 10. The average Bonchev–Trinajstić information content (AvgIpc) is 3.89. The highest BCUT2D eigenvalue weighted by atomic mass is 35.5. The molecule has 2 aliphatic heterocycles. The van der Waals surface area contributed by atoms with E-state index >= 15 is 0 Å². The Labute approximate surface area is 319 Å². The van der Waals surface area contributed by atoms with Gasteiger partial charge in [0.1, 0.15) is 38.3 Å². The van der Waals surface area contributed by atoms with Gasteiger partial charge in [0.25, 0.3) is 11.8 Å². The molecule has 0 saturated carbocycles. The topological polar surface area (TPSA) is 176 Å². The normalized spacial score (nSPS) is 14.1. The lowest BCUT2D eigenvalue weighted by molar-refractivity contribution is -0.111. The van der Waals surface area contributed by atoms with Gasteiger partial charge in [-0.2, -0.15) is 0 Å². The van der Waals surface area contributed by atoms with Gasteiger partial charge < -0.3 is 29.5 Å². The van der Waals surface area contributed by atoms with Crippen molar-refractivity contribution in [2.24, 2.45) is 0 Å². The van der Waals surface area contributed by atoms with E-state index < -0.39 is 7.12 Å². The molecule has 0 atom stereocenters. The summed E-state index contributed by atoms with van der Waals surface area (Å²) in [5.41, 5.74) is 4.27. The van der Waals surface area contributed by atoms with E-state index in [1.165, 1.54) is 30.7 Å². The van der Waals surface area contributed by atoms with Gasteiger partial charge in [0.15, 0.2) is 5.76 Å². The summed E-state index contributed by atoms with van der Waals surface area (Å²) in [6, 6.07) is 16.8. The fourth-order valence-corrected chi connectivity index (χ4v) is 5.66. The number of furan rings is 2. The Morgan fingerprint density at radius 2 is 1.12 bits per heavy atom. The predicted molar refractivity (Wildman–Crippen MR) is 201 cm³/mol. The molecule has 8 rings (SSSR count). The van der Waals surface area contributed by atoms with Gasteiger partial charge in [-0.05, 0) is 72.8 Å². The Balaban J connectivity index is 0.000000149. The quantitative estimate of drug-likeness (QED) is 0.104. The van der Waals surface area contributed by atoms with Crippen molar-refractivity contribution in [3.63, 3.8) is 0 Å². The number of carbonyl (C=O) groups is 2. The maximum Gasteiger partial charge on any atom is 0.526 e. The van der Waals surface area contributed by atoms with E-state index in [0.29, 0.717) is 65.7 Å². The minimum absolute atomic E-state index is 0.0153. The van der Waals surface area contributed by atoms with Gasteiger partial charge in [-0.1, -0.05) is 58.0 Å². The van der Waals surface area contributed by atoms with E-state index in [-0.39, 0.29) is 22.6 Å². The number of rotatable bonds is 4. The van der Waals surface area contributed by atoms with Crippen molar-refractivity contribution >= 4 is 117 Å². The van der Waals surface area contributed by atoms with Gasteiger partial charge in [-0.25, -0.2) is 9.97 Å². The summed E-state index contributed by atoms with van der Waals surface area (Å²) in [6.07, 6.45) is 9.04. The monoisotopic (exact) mass is 794 g/mol. The molecule has 0 bridgehead atoms. The molecule has 2 amide bonds. The molecule has 0 unspecified atom stereocenters. The van der Waals surface area contributed by atoms with E-state index in [1.807, 2.05) is 0 Å². The first-order valence-electron chi connectivity index (χ1n) is 14.8. The maximum atomic E-state index is 12.2. The Morgan fingerprint density at radius 3 is 1.60 bits per heavy atom. The molecule has 260 valence electrons. The zero-order valence-corrected chi connectivity index (χ0v) is 29.8. The molecule has 0 spiro atoms. The van der Waals surface area contributed by atoms with Crippen molar-refractivity contribution < 1.29 is 28.5 Å². The van der Waals surface area contributed by atoms with Gasteiger partial charge in [-0.15, -0.1) is 0 Å². The molecule has 0 aliphatic carbocycles. The lowest BCUT2D eigenvalue weighted by Crippen LogP contribution is -2.27. The van der Waals surface area contributed by atoms with E-state index in [0.717, 1.165) is 11.3 Å². The van der Waals surface area contributed by atoms with Crippen LogP contribution in [-0.4, -0.2) is 48.9 Å². The van der Waals surface area contributed by atoms with Gasteiger partial charge in [0, 0.05) is 32.5 Å². The van der Waals surface area contributed by atoms with Crippen LogP contribution in [-0.2, 0) is 9.59 Å². The third kappa shape index (κ3) is 8.90. The highest BCUT2D eigenvalue weighted by Gasteiger charge is 2.26. The standard InChI is InChI=1S/C17H9Cl2N3O2.C13H9BClNO4.C4H2Cl2N2/c18-9-1-3-13-11(5-9)12(17(23)22-13)6-10-2-4-15(24-10)14-7-20-8-16(19)21-14;15-7-1-3-11-9(5-7)10(13(17)16-11)6-8-2-4-12(20-8)14(18)19;5-3-1-7-2-4(6)8-3/h1-8H,(H,22,23);1-6,18-19H,(H,16,17);1-2H/b12-6+;10-6+;. The number of amides is 2. The molecule has 18 heteroatoms. The molecule has 12 nitrogen and oxygen atoms in total. The molecule has 52 heavy (non-hydrogen) atoms. The first-order chi connectivity index (χ1) is 24.9. The van der Waals surface area contributed by atoms with Crippen LogP contribution in [0.1, 0.15) is 22.6 Å². The number of carbonyl (C=O) groups excluding carboxylic acids is 2. The molecule has 2 aromatic carbocycles. The molecule has 6 aromatic rings. The summed E-state index contributed by atoms with van der Waals surface area (Å²) in [4.78, 5) is 39.5. The Hall–Kier alpha value is -4.99. The van der Waals surface area contributed by atoms with E-state index in [2.05, 4.69) is 30.6 Å². The van der Waals surface area contributed by atoms with Crippen LogP contribution >= 0.6 is 58.0 Å². The minimum Gasteiger partial charge on any atom is -0.465 e. The number of nitrogens with zero attached hydrogens (tertiary/aromatic N) is 4. The highest BCUT2D eigenvalue weighted by molar-refractivity contribution is 6.57. The molecule has 4 N–H and O–H groups in total. The summed E-state index contributed by atoms with van der Waals surface area (Å²) < 4.78 is 10.9. The van der Waals surface area contributed by atoms with Crippen molar-refractivity contribution in [1.29, 1.82) is 0 Å². The van der Waals surface area contributed by atoms with Gasteiger partial charge in [0.05, 0.1) is 35.9 Å². The number of halogens is 5. The Bertz CT molecular complexity index is 2360. The summed E-state index contributed by atoms with van der Waals surface area (Å²) in [5.74, 6) is 0.926. The number of nitrogens with one attached hydrogen (secondary N) is 2. The minimum atomic E-state index is -1.68. The summed E-state index contributed by atoms with van der Waals surface area (Å²) in [6.45, 7) is 0. The smallest absolute Gasteiger partial charge is 0.465 e. The molecular formula is C34H20BCl5N6O6. The largest absolute Gasteiger partial charge is 0.526 e. The zero-order valence-electron chi connectivity index (χ0n) is 26.0. The fraction of sp³-hybridized carbons (Fsp3) is 0. The number of anilines is 2. The summed E-state index contributed by atoms with van der Waals surface area (Å²) >= 11 is 28.6. The second-order valence-electron chi connectivity index (χ2n) is 10.6. The van der Waals surface area contributed by atoms with Gasteiger partial charge in [-0.3, -0.25) is 19.6 Å². The Kier molecular flexibility index (Phi) is 11.4. The van der Waals surface area contributed by atoms with Crippen molar-refractivity contribution in [2.75, 3.05) is 10.6 Å². The van der Waals surface area contributed by atoms with E-state index in [9.17, 15) is 9.59 Å². The molecular weight excluding hydrogens is 776 g/mol. The van der Waals surface area contributed by atoms with Gasteiger partial charge in [0.2, 0.25) is 0 Å².